The Morgan fingerprint density at radius 3 is 2.56 bits per heavy atom. The zero-order valence-electron chi connectivity index (χ0n) is 16.9. The molecule has 0 saturated carbocycles. The summed E-state index contributed by atoms with van der Waals surface area (Å²) >= 11 is 1.31. The van der Waals surface area contributed by atoms with Crippen LogP contribution in [-0.4, -0.2) is 21.7 Å². The first-order chi connectivity index (χ1) is 15.6. The summed E-state index contributed by atoms with van der Waals surface area (Å²) in [6.07, 6.45) is 1.61. The van der Waals surface area contributed by atoms with Crippen LogP contribution in [0.15, 0.2) is 84.4 Å². The number of nitrogens with one attached hydrogen (secondary N) is 1. The zero-order valence-corrected chi connectivity index (χ0v) is 17.7. The highest BCUT2D eigenvalue weighted by molar-refractivity contribution is 7.13. The number of amides is 2. The van der Waals surface area contributed by atoms with Crippen molar-refractivity contribution in [3.8, 4) is 11.1 Å². The summed E-state index contributed by atoms with van der Waals surface area (Å²) in [6.45, 7) is 0.288. The molecule has 0 spiro atoms. The molecule has 1 atom stereocenters. The molecule has 2 heterocycles. The quantitative estimate of drug-likeness (QED) is 0.456. The molecule has 5 rings (SSSR count). The van der Waals surface area contributed by atoms with Gasteiger partial charge in [-0.1, -0.05) is 60.7 Å². The number of anilines is 1. The van der Waals surface area contributed by atoms with E-state index in [1.165, 1.54) is 17.4 Å². The maximum Gasteiger partial charge on any atom is 0.255 e. The third-order valence-corrected chi connectivity index (χ3v) is 6.15. The third kappa shape index (κ3) is 3.67. The van der Waals surface area contributed by atoms with Crippen molar-refractivity contribution in [3.63, 3.8) is 0 Å². The van der Waals surface area contributed by atoms with Crippen LogP contribution in [0.1, 0.15) is 27.5 Å². The molecule has 5 nitrogen and oxygen atoms in total. The molecule has 4 aromatic rings. The van der Waals surface area contributed by atoms with Gasteiger partial charge in [-0.05, 0) is 28.8 Å². The number of rotatable bonds is 5. The predicted molar refractivity (Wildman–Crippen MR) is 122 cm³/mol. The molecule has 1 aliphatic heterocycles. The lowest BCUT2D eigenvalue weighted by atomic mass is 10.00. The molecule has 1 N–H and O–H groups in total. The fraction of sp³-hybridized carbons (Fsp3) is 0.0800. The van der Waals surface area contributed by atoms with E-state index in [9.17, 15) is 14.0 Å². The normalized spacial score (nSPS) is 13.7. The minimum absolute atomic E-state index is 0.263. The molecule has 32 heavy (non-hydrogen) atoms. The first-order valence-corrected chi connectivity index (χ1v) is 10.9. The van der Waals surface area contributed by atoms with Gasteiger partial charge in [0.2, 0.25) is 0 Å². The molecule has 1 aliphatic rings. The number of fused-ring (bicyclic) bond motifs is 1. The summed E-state index contributed by atoms with van der Waals surface area (Å²) in [5, 5.41) is 5.06. The van der Waals surface area contributed by atoms with Gasteiger partial charge in [0.05, 0.1) is 0 Å². The van der Waals surface area contributed by atoms with E-state index in [2.05, 4.69) is 10.3 Å². The van der Waals surface area contributed by atoms with E-state index in [1.807, 2.05) is 36.4 Å². The van der Waals surface area contributed by atoms with Crippen LogP contribution in [-0.2, 0) is 11.3 Å². The first kappa shape index (κ1) is 20.1. The van der Waals surface area contributed by atoms with Crippen molar-refractivity contribution < 1.29 is 14.0 Å². The van der Waals surface area contributed by atoms with Crippen LogP contribution in [0.5, 0.6) is 0 Å². The Labute approximate surface area is 188 Å². The highest BCUT2D eigenvalue weighted by Gasteiger charge is 2.37. The number of halogens is 1. The number of nitrogens with zero attached hydrogens (tertiary/aromatic N) is 2. The Hall–Kier alpha value is -3.84. The second-order valence-corrected chi connectivity index (χ2v) is 8.32. The van der Waals surface area contributed by atoms with E-state index in [0.29, 0.717) is 27.4 Å². The van der Waals surface area contributed by atoms with E-state index in [4.69, 9.17) is 0 Å². The summed E-state index contributed by atoms with van der Waals surface area (Å²) in [7, 11) is 0. The maximum atomic E-state index is 14.3. The van der Waals surface area contributed by atoms with Crippen molar-refractivity contribution in [2.75, 3.05) is 5.32 Å². The van der Waals surface area contributed by atoms with Gasteiger partial charge in [0, 0.05) is 29.2 Å². The summed E-state index contributed by atoms with van der Waals surface area (Å²) in [6, 6.07) is 20.2. The van der Waals surface area contributed by atoms with Crippen molar-refractivity contribution in [1.82, 2.24) is 9.88 Å². The number of hydrogen-bond acceptors (Lipinski definition) is 4. The summed E-state index contributed by atoms with van der Waals surface area (Å²) < 4.78 is 14.3. The lowest BCUT2D eigenvalue weighted by molar-refractivity contribution is -0.120. The highest BCUT2D eigenvalue weighted by Crippen LogP contribution is 2.35. The van der Waals surface area contributed by atoms with Crippen molar-refractivity contribution in [3.05, 3.63) is 107 Å². The Bertz CT molecular complexity index is 1290. The Morgan fingerprint density at radius 2 is 1.81 bits per heavy atom. The predicted octanol–water partition coefficient (Wildman–Crippen LogP) is 5.29. The fourth-order valence-corrected chi connectivity index (χ4v) is 4.49. The maximum absolute atomic E-state index is 14.3. The lowest BCUT2D eigenvalue weighted by Crippen LogP contribution is -2.37. The number of hydrogen-bond donors (Lipinski definition) is 1. The van der Waals surface area contributed by atoms with Gasteiger partial charge in [-0.15, -0.1) is 11.3 Å². The van der Waals surface area contributed by atoms with E-state index >= 15 is 0 Å². The van der Waals surface area contributed by atoms with Crippen LogP contribution in [0.3, 0.4) is 0 Å². The van der Waals surface area contributed by atoms with Crippen molar-refractivity contribution >= 4 is 28.3 Å². The Morgan fingerprint density at radius 1 is 1.03 bits per heavy atom. The molecule has 0 bridgehead atoms. The van der Waals surface area contributed by atoms with Gasteiger partial charge in [0.1, 0.15) is 11.9 Å². The second kappa shape index (κ2) is 8.36. The standard InChI is InChI=1S/C25H18FN3O2S/c26-21-9-5-4-8-19(21)17-10-11-18-15-29(24(31)20(18)14-17)22(16-6-2-1-3-7-16)23(30)28-25-27-12-13-32-25/h1-14,22H,15H2,(H,27,28,30). The van der Waals surface area contributed by atoms with Crippen molar-refractivity contribution in [2.24, 2.45) is 0 Å². The minimum atomic E-state index is -0.822. The molecule has 1 aromatic heterocycles. The van der Waals surface area contributed by atoms with Crippen LogP contribution in [0.2, 0.25) is 0 Å². The highest BCUT2D eigenvalue weighted by atomic mass is 32.1. The van der Waals surface area contributed by atoms with Gasteiger partial charge in [-0.25, -0.2) is 9.37 Å². The second-order valence-electron chi connectivity index (χ2n) is 7.42. The summed E-state index contributed by atoms with van der Waals surface area (Å²) in [4.78, 5) is 32.3. The van der Waals surface area contributed by atoms with E-state index in [1.54, 1.807) is 46.8 Å². The average Bonchev–Trinajstić information content (AvgIpc) is 3.43. The van der Waals surface area contributed by atoms with Crippen LogP contribution < -0.4 is 5.32 Å². The van der Waals surface area contributed by atoms with Crippen LogP contribution in [0, 0.1) is 5.82 Å². The number of carbonyl (C=O) groups is 2. The molecule has 2 amide bonds. The van der Waals surface area contributed by atoms with Crippen LogP contribution in [0.4, 0.5) is 9.52 Å². The molecular formula is C25H18FN3O2S. The third-order valence-electron chi connectivity index (χ3n) is 5.46. The smallest absolute Gasteiger partial charge is 0.255 e. The van der Waals surface area contributed by atoms with E-state index < -0.39 is 6.04 Å². The number of benzene rings is 3. The van der Waals surface area contributed by atoms with E-state index in [0.717, 1.165) is 5.56 Å². The first-order valence-electron chi connectivity index (χ1n) is 10.1. The van der Waals surface area contributed by atoms with Crippen molar-refractivity contribution in [1.29, 1.82) is 0 Å². The largest absolute Gasteiger partial charge is 0.318 e. The molecular weight excluding hydrogens is 425 g/mol. The van der Waals surface area contributed by atoms with E-state index in [-0.39, 0.29) is 24.2 Å². The Balaban J connectivity index is 1.50. The molecule has 3 aromatic carbocycles. The Kier molecular flexibility index (Phi) is 5.25. The lowest BCUT2D eigenvalue weighted by Gasteiger charge is -2.27. The molecule has 0 saturated heterocycles. The number of carbonyl (C=O) groups excluding carboxylic acids is 2. The van der Waals surface area contributed by atoms with Gasteiger partial charge in [-0.2, -0.15) is 0 Å². The summed E-state index contributed by atoms with van der Waals surface area (Å²) in [5.41, 5.74) is 3.05. The summed E-state index contributed by atoms with van der Waals surface area (Å²) in [5.74, 6) is -0.942. The minimum Gasteiger partial charge on any atom is -0.318 e. The van der Waals surface area contributed by atoms with Crippen LogP contribution in [0.25, 0.3) is 11.1 Å². The molecule has 1 unspecified atom stereocenters. The molecule has 7 heteroatoms. The average molecular weight is 444 g/mol. The van der Waals surface area contributed by atoms with Crippen molar-refractivity contribution in [2.45, 2.75) is 12.6 Å². The zero-order chi connectivity index (χ0) is 22.1. The van der Waals surface area contributed by atoms with Gasteiger partial charge >= 0.3 is 0 Å². The number of thiazole rings is 1. The topological polar surface area (TPSA) is 62.3 Å². The molecule has 0 aliphatic carbocycles. The fourth-order valence-electron chi connectivity index (χ4n) is 3.96. The number of aromatic nitrogens is 1. The monoisotopic (exact) mass is 443 g/mol. The SMILES string of the molecule is O=C(Nc1nccs1)C(c1ccccc1)N1Cc2ccc(-c3ccccc3F)cc2C1=O. The van der Waals surface area contributed by atoms with Crippen LogP contribution >= 0.6 is 11.3 Å². The van der Waals surface area contributed by atoms with Gasteiger partial charge in [0.25, 0.3) is 11.8 Å². The molecule has 0 fully saturated rings. The molecule has 0 radical (unpaired) electrons. The molecule has 158 valence electrons. The van der Waals surface area contributed by atoms with Gasteiger partial charge < -0.3 is 4.90 Å². The van der Waals surface area contributed by atoms with Gasteiger partial charge in [-0.3, -0.25) is 14.9 Å². The van der Waals surface area contributed by atoms with Gasteiger partial charge in [0.15, 0.2) is 5.13 Å².